The zero-order chi connectivity index (χ0) is 54.9. The van der Waals surface area contributed by atoms with Gasteiger partial charge in [-0.3, -0.25) is 0 Å². The van der Waals surface area contributed by atoms with Gasteiger partial charge in [-0.1, -0.05) is 232 Å². The average Bonchev–Trinajstić information content (AvgIpc) is 4.05. The first kappa shape index (κ1) is 59.5. The number of hydrogen-bond acceptors (Lipinski definition) is 0. The first-order valence-electron chi connectivity index (χ1n) is 26.9. The summed E-state index contributed by atoms with van der Waals surface area (Å²) in [5.74, 6) is 0. The second-order valence-electron chi connectivity index (χ2n) is 26.7. The Kier molecular flexibility index (Phi) is 18.5. The van der Waals surface area contributed by atoms with Crippen LogP contribution in [0.1, 0.15) is 183 Å². The monoisotopic (exact) mass is 1110 g/mol. The Labute approximate surface area is 470 Å². The summed E-state index contributed by atoms with van der Waals surface area (Å²) in [5, 5.41) is 8.36. The molecule has 0 aromatic heterocycles. The molecular formula is C70H85Cl2SiZr-3. The molecule has 9 rings (SSSR count). The van der Waals surface area contributed by atoms with Crippen molar-refractivity contribution >= 4 is 58.5 Å². The molecule has 0 spiro atoms. The van der Waals surface area contributed by atoms with Gasteiger partial charge in [-0.2, -0.15) is 41.6 Å². The summed E-state index contributed by atoms with van der Waals surface area (Å²) in [4.78, 5) is 0. The van der Waals surface area contributed by atoms with Crippen LogP contribution in [0.25, 0.3) is 54.9 Å². The summed E-state index contributed by atoms with van der Waals surface area (Å²) in [6.45, 7) is 46.3. The number of hydrogen-bond donors (Lipinski definition) is 0. The molecule has 1 aliphatic rings. The molecule has 1 heterocycles. The molecule has 390 valence electrons. The van der Waals surface area contributed by atoms with E-state index in [1.54, 1.807) is 0 Å². The third kappa shape index (κ3) is 14.0. The SMILES string of the molecule is CCc1cc2c(-c3cc(C(C)(C)C)cc(C(C)(C)C)c3)c(C(C)(C)C)ccc2[cH-]1.CCc1cc2c(-c3cc(C(C)(C)C)cc(C(C)(C)C)c3)c(C(C)(C)C)ccc2[cH-]1.[Cl][Zr][Cl].[c-]1cccc2c1[Si]c1ccccc1-2. The van der Waals surface area contributed by atoms with Crippen LogP contribution in [0.2, 0.25) is 0 Å². The van der Waals surface area contributed by atoms with Crippen LogP contribution in [0.5, 0.6) is 0 Å². The van der Waals surface area contributed by atoms with E-state index < -0.39 is 20.8 Å². The van der Waals surface area contributed by atoms with Crippen molar-refractivity contribution in [3.05, 3.63) is 178 Å². The van der Waals surface area contributed by atoms with E-state index in [9.17, 15) is 0 Å². The van der Waals surface area contributed by atoms with E-state index in [4.69, 9.17) is 17.0 Å². The molecule has 0 unspecified atom stereocenters. The predicted molar refractivity (Wildman–Crippen MR) is 328 cm³/mol. The van der Waals surface area contributed by atoms with Crippen molar-refractivity contribution in [2.45, 2.75) is 184 Å². The average molecular weight is 1120 g/mol. The normalized spacial score (nSPS) is 12.8. The fraction of sp³-hybridized carbons (Fsp3) is 0.400. The zero-order valence-corrected chi connectivity index (χ0v) is 53.8. The van der Waals surface area contributed by atoms with Gasteiger partial charge in [0.05, 0.1) is 9.52 Å². The van der Waals surface area contributed by atoms with E-state index in [0.717, 1.165) is 22.4 Å². The third-order valence-electron chi connectivity index (χ3n) is 14.6. The van der Waals surface area contributed by atoms with Gasteiger partial charge in [0, 0.05) is 0 Å². The fourth-order valence-electron chi connectivity index (χ4n) is 9.97. The molecule has 0 N–H and O–H groups in total. The minimum atomic E-state index is -0.826. The maximum atomic E-state index is 4.93. The van der Waals surface area contributed by atoms with Gasteiger partial charge in [0.25, 0.3) is 0 Å². The van der Waals surface area contributed by atoms with E-state index in [2.05, 4.69) is 266 Å². The molecule has 1 aliphatic heterocycles. The van der Waals surface area contributed by atoms with Crippen LogP contribution in [0.4, 0.5) is 0 Å². The van der Waals surface area contributed by atoms with Crippen LogP contribution in [0.3, 0.4) is 0 Å². The summed E-state index contributed by atoms with van der Waals surface area (Å²) in [6, 6.07) is 51.7. The summed E-state index contributed by atoms with van der Waals surface area (Å²) in [6.07, 6.45) is 2.16. The standard InChI is InChI=1S/2C29H39.C12H7Si.2ClH.Zr/c2*1-11-19-14-20-12-13-25(29(8,9)10)26(24(20)15-19)21-16-22(27(2,3)4)18-23(17-21)28(5,6)7;1-3-7-11-9(5-1)10-6-2-4-8-12(10)13-11;;;/h2*12-18H,11H2,1-10H3;1-7H;2*1H;/q3*-1;;;+2/p-2. The molecule has 0 atom stereocenters. The largest absolute Gasteiger partial charge is 0.184 e. The smallest absolute Gasteiger partial charge is 0.0920 e. The first-order valence-corrected chi connectivity index (χ1v) is 34.2. The number of rotatable bonds is 4. The maximum Gasteiger partial charge on any atom is 0.0920 e. The number of aryl methyl sites for hydroxylation is 2. The topological polar surface area (TPSA) is 0 Å². The molecule has 0 fully saturated rings. The quantitative estimate of drug-likeness (QED) is 0.122. The van der Waals surface area contributed by atoms with E-state index in [1.807, 2.05) is 6.07 Å². The molecular weight excluding hydrogens is 1030 g/mol. The van der Waals surface area contributed by atoms with Crippen LogP contribution in [0.15, 0.2) is 127 Å². The van der Waals surface area contributed by atoms with E-state index >= 15 is 0 Å². The Morgan fingerprint density at radius 1 is 0.446 bits per heavy atom. The van der Waals surface area contributed by atoms with Crippen molar-refractivity contribution < 1.29 is 20.8 Å². The Morgan fingerprint density at radius 2 is 0.811 bits per heavy atom. The number of fused-ring (bicyclic) bond motifs is 5. The molecule has 74 heavy (non-hydrogen) atoms. The minimum Gasteiger partial charge on any atom is -0.184 e. The van der Waals surface area contributed by atoms with Gasteiger partial charge >= 0.3 is 37.9 Å². The molecule has 0 saturated heterocycles. The minimum absolute atomic E-state index is 0.0901. The number of halogens is 2. The van der Waals surface area contributed by atoms with Crippen molar-refractivity contribution in [2.75, 3.05) is 0 Å². The predicted octanol–water partition coefficient (Wildman–Crippen LogP) is 19.9. The fourth-order valence-corrected chi connectivity index (χ4v) is 11.3. The molecule has 0 amide bonds. The molecule has 0 aliphatic carbocycles. The van der Waals surface area contributed by atoms with Gasteiger partial charge < -0.3 is 0 Å². The van der Waals surface area contributed by atoms with Crippen molar-refractivity contribution in [3.8, 4) is 33.4 Å². The number of benzene rings is 6. The Hall–Kier alpha value is -3.78. The second-order valence-corrected chi connectivity index (χ2v) is 31.7. The van der Waals surface area contributed by atoms with Gasteiger partial charge in [0.2, 0.25) is 0 Å². The summed E-state index contributed by atoms with van der Waals surface area (Å²) < 4.78 is 0. The van der Waals surface area contributed by atoms with E-state index in [0.29, 0.717) is 0 Å². The maximum absolute atomic E-state index is 4.93. The van der Waals surface area contributed by atoms with Crippen molar-refractivity contribution in [3.63, 3.8) is 0 Å². The van der Waals surface area contributed by atoms with Crippen LogP contribution < -0.4 is 10.4 Å². The molecule has 0 saturated carbocycles. The van der Waals surface area contributed by atoms with Gasteiger partial charge in [-0.15, -0.1) is 74.6 Å². The summed E-state index contributed by atoms with van der Waals surface area (Å²) in [5.41, 5.74) is 20.4. The van der Waals surface area contributed by atoms with Crippen molar-refractivity contribution in [1.82, 2.24) is 0 Å². The molecule has 0 bridgehead atoms. The molecule has 0 nitrogen and oxygen atoms in total. The second kappa shape index (κ2) is 23.1. The van der Waals surface area contributed by atoms with Crippen LogP contribution in [0, 0.1) is 6.07 Å². The van der Waals surface area contributed by atoms with Crippen molar-refractivity contribution in [1.29, 1.82) is 0 Å². The van der Waals surface area contributed by atoms with Crippen LogP contribution in [-0.4, -0.2) is 9.52 Å². The summed E-state index contributed by atoms with van der Waals surface area (Å²) in [7, 11) is 10.7. The van der Waals surface area contributed by atoms with E-state index in [1.165, 1.54) is 110 Å². The Balaban J connectivity index is 0.000000186. The summed E-state index contributed by atoms with van der Waals surface area (Å²) >= 11 is -0.826. The van der Waals surface area contributed by atoms with E-state index in [-0.39, 0.29) is 32.5 Å². The van der Waals surface area contributed by atoms with Crippen LogP contribution >= 0.6 is 17.0 Å². The molecule has 8 aromatic rings. The van der Waals surface area contributed by atoms with Gasteiger partial charge in [0.1, 0.15) is 0 Å². The Morgan fingerprint density at radius 3 is 1.16 bits per heavy atom. The molecule has 4 heteroatoms. The van der Waals surface area contributed by atoms with Crippen molar-refractivity contribution in [2.24, 2.45) is 0 Å². The Bertz CT molecular complexity index is 2920. The van der Waals surface area contributed by atoms with Gasteiger partial charge in [-0.25, -0.2) is 0 Å². The van der Waals surface area contributed by atoms with Gasteiger partial charge in [0.15, 0.2) is 0 Å². The molecule has 8 aromatic carbocycles. The van der Waals surface area contributed by atoms with Crippen LogP contribution in [-0.2, 0) is 66.2 Å². The van der Waals surface area contributed by atoms with Gasteiger partial charge in [-0.05, 0) is 78.7 Å². The first-order chi connectivity index (χ1) is 34.3. The third-order valence-corrected chi connectivity index (χ3v) is 15.9. The zero-order valence-electron chi connectivity index (χ0n) is 48.8. The molecule has 2 radical (unpaired) electrons.